The molecule has 0 aliphatic carbocycles. The molecule has 0 saturated carbocycles. The van der Waals surface area contributed by atoms with Gasteiger partial charge in [-0.05, 0) is 116 Å². The second-order valence-corrected chi connectivity index (χ2v) is 10.3. The van der Waals surface area contributed by atoms with Crippen LogP contribution in [0.2, 0.25) is 0 Å². The van der Waals surface area contributed by atoms with Crippen LogP contribution in [0.5, 0.6) is 0 Å². The number of amides is 1. The Morgan fingerprint density at radius 1 is 0.765 bits per heavy atom. The van der Waals surface area contributed by atoms with Crippen LogP contribution < -0.4 is 5.32 Å². The summed E-state index contributed by atoms with van der Waals surface area (Å²) < 4.78 is 5.21. The summed E-state index contributed by atoms with van der Waals surface area (Å²) >= 11 is 1.48. The van der Waals surface area contributed by atoms with Crippen molar-refractivity contribution in [3.05, 3.63) is 75.8 Å². The summed E-state index contributed by atoms with van der Waals surface area (Å²) in [5.74, 6) is 0. The van der Waals surface area contributed by atoms with Crippen molar-refractivity contribution in [2.45, 2.75) is 92.9 Å². The first-order valence-electron chi connectivity index (χ1n) is 12.5. The fourth-order valence-corrected chi connectivity index (χ4v) is 3.98. The monoisotopic (exact) mass is 483 g/mol. The second-order valence-electron chi connectivity index (χ2n) is 9.34. The Hall–Kier alpha value is -2.33. The van der Waals surface area contributed by atoms with Gasteiger partial charge >= 0.3 is 6.09 Å². The molecule has 0 aliphatic heterocycles. The van der Waals surface area contributed by atoms with E-state index in [9.17, 15) is 4.79 Å². The SMILES string of the molecule is CC(C)=CCCC(C)=CCCC(C)=CCCC(C)=CCCC(C)=CCOC(=O)Nc1cccs1. The van der Waals surface area contributed by atoms with Crippen molar-refractivity contribution in [1.29, 1.82) is 0 Å². The molecule has 0 fully saturated rings. The van der Waals surface area contributed by atoms with Crippen LogP contribution >= 0.6 is 11.3 Å². The smallest absolute Gasteiger partial charge is 0.412 e. The molecule has 1 heterocycles. The summed E-state index contributed by atoms with van der Waals surface area (Å²) in [6.45, 7) is 13.4. The lowest BCUT2D eigenvalue weighted by atomic mass is 10.0. The number of anilines is 1. The van der Waals surface area contributed by atoms with E-state index in [1.54, 1.807) is 0 Å². The first-order chi connectivity index (χ1) is 16.3. The number of allylic oxidation sites excluding steroid dienone is 9. The van der Waals surface area contributed by atoms with Crippen LogP contribution in [0.4, 0.5) is 9.80 Å². The minimum Gasteiger partial charge on any atom is -0.445 e. The molecule has 0 unspecified atom stereocenters. The molecule has 0 atom stereocenters. The Balaban J connectivity index is 2.19. The molecule has 0 spiro atoms. The molecule has 1 rings (SSSR count). The number of carbonyl (C=O) groups is 1. The quantitative estimate of drug-likeness (QED) is 0.252. The van der Waals surface area contributed by atoms with Crippen molar-refractivity contribution >= 4 is 22.4 Å². The van der Waals surface area contributed by atoms with Gasteiger partial charge in [-0.1, -0.05) is 52.2 Å². The molecule has 0 bridgehead atoms. The van der Waals surface area contributed by atoms with Crippen molar-refractivity contribution in [2.75, 3.05) is 11.9 Å². The molecule has 1 aromatic rings. The lowest BCUT2D eigenvalue weighted by Gasteiger charge is -2.04. The third kappa shape index (κ3) is 16.3. The van der Waals surface area contributed by atoms with Gasteiger partial charge in [-0.25, -0.2) is 4.79 Å². The Labute approximate surface area is 212 Å². The highest BCUT2D eigenvalue weighted by atomic mass is 32.1. The highest BCUT2D eigenvalue weighted by Gasteiger charge is 2.02. The molecule has 1 N–H and O–H groups in total. The fourth-order valence-electron chi connectivity index (χ4n) is 3.38. The van der Waals surface area contributed by atoms with Crippen molar-refractivity contribution < 1.29 is 9.53 Å². The largest absolute Gasteiger partial charge is 0.445 e. The summed E-state index contributed by atoms with van der Waals surface area (Å²) in [4.78, 5) is 11.7. The van der Waals surface area contributed by atoms with E-state index < -0.39 is 6.09 Å². The fraction of sp³-hybridized carbons (Fsp3) is 0.500. The van der Waals surface area contributed by atoms with Crippen molar-refractivity contribution in [2.24, 2.45) is 0 Å². The van der Waals surface area contributed by atoms with E-state index in [-0.39, 0.29) is 0 Å². The summed E-state index contributed by atoms with van der Waals surface area (Å²) in [5.41, 5.74) is 7.08. The highest BCUT2D eigenvalue weighted by Crippen LogP contribution is 2.16. The van der Waals surface area contributed by atoms with E-state index in [2.05, 4.69) is 71.2 Å². The summed E-state index contributed by atoms with van der Waals surface area (Å²) in [7, 11) is 0. The predicted octanol–water partition coefficient (Wildman–Crippen LogP) is 10.2. The first kappa shape index (κ1) is 29.7. The highest BCUT2D eigenvalue weighted by molar-refractivity contribution is 7.14. The topological polar surface area (TPSA) is 38.3 Å². The molecule has 0 aliphatic rings. The Morgan fingerprint density at radius 2 is 1.24 bits per heavy atom. The molecule has 1 aromatic heterocycles. The van der Waals surface area contributed by atoms with Gasteiger partial charge in [0.15, 0.2) is 0 Å². The number of hydrogen-bond donors (Lipinski definition) is 1. The molecular weight excluding hydrogens is 438 g/mol. The third-order valence-electron chi connectivity index (χ3n) is 5.58. The molecule has 0 aromatic carbocycles. The zero-order chi connectivity index (χ0) is 25.2. The van der Waals surface area contributed by atoms with Crippen LogP contribution in [0.1, 0.15) is 92.9 Å². The van der Waals surface area contributed by atoms with E-state index >= 15 is 0 Å². The van der Waals surface area contributed by atoms with E-state index in [1.807, 2.05) is 23.6 Å². The second kappa shape index (κ2) is 18.1. The maximum Gasteiger partial charge on any atom is 0.412 e. The van der Waals surface area contributed by atoms with Gasteiger partial charge in [-0.15, -0.1) is 11.3 Å². The predicted molar refractivity (Wildman–Crippen MR) is 151 cm³/mol. The van der Waals surface area contributed by atoms with Gasteiger partial charge in [-0.3, -0.25) is 5.32 Å². The van der Waals surface area contributed by atoms with Gasteiger partial charge in [0.1, 0.15) is 6.61 Å². The van der Waals surface area contributed by atoms with Gasteiger partial charge in [-0.2, -0.15) is 0 Å². The lowest BCUT2D eigenvalue weighted by Crippen LogP contribution is -2.12. The minimum absolute atomic E-state index is 0.306. The molecule has 3 nitrogen and oxygen atoms in total. The molecule has 1 amide bonds. The van der Waals surface area contributed by atoms with Crippen LogP contribution in [0, 0.1) is 0 Å². The maximum absolute atomic E-state index is 11.7. The average Bonchev–Trinajstić information content (AvgIpc) is 3.26. The van der Waals surface area contributed by atoms with Gasteiger partial charge in [0, 0.05) is 0 Å². The number of nitrogens with one attached hydrogen (secondary N) is 1. The van der Waals surface area contributed by atoms with E-state index in [4.69, 9.17) is 4.74 Å². The van der Waals surface area contributed by atoms with Crippen molar-refractivity contribution in [1.82, 2.24) is 0 Å². The van der Waals surface area contributed by atoms with E-state index in [0.29, 0.717) is 6.61 Å². The third-order valence-corrected chi connectivity index (χ3v) is 6.36. The van der Waals surface area contributed by atoms with Crippen LogP contribution in [-0.4, -0.2) is 12.7 Å². The lowest BCUT2D eigenvalue weighted by molar-refractivity contribution is 0.174. The number of ether oxygens (including phenoxy) is 1. The van der Waals surface area contributed by atoms with Gasteiger partial charge < -0.3 is 4.74 Å². The molecule has 0 saturated heterocycles. The number of carbonyl (C=O) groups excluding carboxylic acids is 1. The Kier molecular flexibility index (Phi) is 15.8. The Morgan fingerprint density at radius 3 is 1.68 bits per heavy atom. The van der Waals surface area contributed by atoms with E-state index in [0.717, 1.165) is 49.9 Å². The van der Waals surface area contributed by atoms with Gasteiger partial charge in [0.25, 0.3) is 0 Å². The normalized spacial score (nSPS) is 13.1. The molecule has 0 radical (unpaired) electrons. The summed E-state index contributed by atoms with van der Waals surface area (Å²) in [5, 5.41) is 5.43. The average molecular weight is 484 g/mol. The molecule has 4 heteroatoms. The maximum atomic E-state index is 11.7. The molecule has 188 valence electrons. The summed E-state index contributed by atoms with van der Waals surface area (Å²) in [6.07, 6.45) is 19.9. The van der Waals surface area contributed by atoms with E-state index in [1.165, 1.54) is 45.6 Å². The number of hydrogen-bond acceptors (Lipinski definition) is 3. The number of rotatable bonds is 15. The Bertz CT molecular complexity index is 866. The van der Waals surface area contributed by atoms with Crippen LogP contribution in [0.15, 0.2) is 75.8 Å². The standard InChI is InChI=1S/C30H45NO2S/c1-24(2)12-7-13-25(3)14-8-15-26(4)16-9-17-27(5)18-10-19-28(6)21-22-33-30(32)31-29-20-11-23-34-29/h11-12,14,16,18,20-21,23H,7-10,13,15,17,19,22H2,1-6H3,(H,31,32). The van der Waals surface area contributed by atoms with Crippen LogP contribution in [0.3, 0.4) is 0 Å². The zero-order valence-corrected chi connectivity index (χ0v) is 23.0. The van der Waals surface area contributed by atoms with Gasteiger partial charge in [0.2, 0.25) is 0 Å². The minimum atomic E-state index is -0.406. The van der Waals surface area contributed by atoms with Crippen LogP contribution in [-0.2, 0) is 4.74 Å². The summed E-state index contributed by atoms with van der Waals surface area (Å²) in [6, 6.07) is 3.75. The van der Waals surface area contributed by atoms with Crippen LogP contribution in [0.25, 0.3) is 0 Å². The first-order valence-corrected chi connectivity index (χ1v) is 13.4. The molecule has 34 heavy (non-hydrogen) atoms. The van der Waals surface area contributed by atoms with Crippen molar-refractivity contribution in [3.63, 3.8) is 0 Å². The zero-order valence-electron chi connectivity index (χ0n) is 22.2. The van der Waals surface area contributed by atoms with Crippen molar-refractivity contribution in [3.8, 4) is 0 Å². The van der Waals surface area contributed by atoms with Gasteiger partial charge in [0.05, 0.1) is 5.00 Å². The molecular formula is C30H45NO2S. The number of thiophene rings is 1.